The largest absolute Gasteiger partial charge is 0.370 e. The molecule has 6 heteroatoms. The third-order valence-electron chi connectivity index (χ3n) is 3.99. The van der Waals surface area contributed by atoms with Crippen molar-refractivity contribution in [3.05, 3.63) is 5.82 Å². The van der Waals surface area contributed by atoms with Crippen LogP contribution >= 0.6 is 0 Å². The number of nitrogens with one attached hydrogen (secondary N) is 2. The molecule has 4 unspecified atom stereocenters. The van der Waals surface area contributed by atoms with Gasteiger partial charge in [-0.3, -0.25) is 5.10 Å². The van der Waals surface area contributed by atoms with E-state index in [1.807, 2.05) is 0 Å². The van der Waals surface area contributed by atoms with E-state index in [0.29, 0.717) is 18.0 Å². The Morgan fingerprint density at radius 1 is 1.21 bits per heavy atom. The summed E-state index contributed by atoms with van der Waals surface area (Å²) in [5.74, 6) is 2.19. The van der Waals surface area contributed by atoms with Crippen molar-refractivity contribution in [2.45, 2.75) is 45.4 Å². The number of hydrogen-bond acceptors (Lipinski definition) is 5. The van der Waals surface area contributed by atoms with Crippen LogP contribution in [0.2, 0.25) is 0 Å². The van der Waals surface area contributed by atoms with E-state index in [-0.39, 0.29) is 6.10 Å². The Labute approximate surface area is 113 Å². The molecule has 0 bridgehead atoms. The van der Waals surface area contributed by atoms with Crippen molar-refractivity contribution in [1.29, 1.82) is 0 Å². The number of hydrogen-bond donors (Lipinski definition) is 2. The first-order valence-corrected chi connectivity index (χ1v) is 7.18. The van der Waals surface area contributed by atoms with Crippen LogP contribution in [0.5, 0.6) is 0 Å². The Morgan fingerprint density at radius 2 is 1.95 bits per heavy atom. The molecule has 1 aromatic rings. The van der Waals surface area contributed by atoms with E-state index in [4.69, 9.17) is 4.74 Å². The van der Waals surface area contributed by atoms with Gasteiger partial charge in [-0.15, -0.1) is 5.10 Å². The van der Waals surface area contributed by atoms with Gasteiger partial charge >= 0.3 is 0 Å². The topological polar surface area (TPSA) is 66.1 Å². The van der Waals surface area contributed by atoms with Gasteiger partial charge < -0.3 is 15.0 Å². The standard InChI is InChI=1S/C13H23N5O/c1-8-4-5-19-11(8)12-15-13(17-16-12)18-6-9(2)14-10(3)7-18/h8-11,14H,4-7H2,1-3H3,(H,15,16,17). The number of aromatic nitrogens is 3. The zero-order valence-corrected chi connectivity index (χ0v) is 11.9. The molecule has 0 radical (unpaired) electrons. The van der Waals surface area contributed by atoms with Crippen molar-refractivity contribution < 1.29 is 4.74 Å². The summed E-state index contributed by atoms with van der Waals surface area (Å²) in [6.07, 6.45) is 1.18. The van der Waals surface area contributed by atoms with Crippen molar-refractivity contribution >= 4 is 5.95 Å². The Morgan fingerprint density at radius 3 is 2.58 bits per heavy atom. The van der Waals surface area contributed by atoms with Crippen LogP contribution in [0.25, 0.3) is 0 Å². The predicted molar refractivity (Wildman–Crippen MR) is 73.1 cm³/mol. The van der Waals surface area contributed by atoms with Gasteiger partial charge in [0.2, 0.25) is 5.95 Å². The predicted octanol–water partition coefficient (Wildman–Crippen LogP) is 1.09. The SMILES string of the molecule is CC1CN(c2n[nH]c(C3OCCC3C)n2)CC(C)N1. The van der Waals surface area contributed by atoms with Crippen molar-refractivity contribution in [3.8, 4) is 0 Å². The molecule has 106 valence electrons. The van der Waals surface area contributed by atoms with Gasteiger partial charge in [-0.2, -0.15) is 4.98 Å². The van der Waals surface area contributed by atoms with Crippen LogP contribution in [-0.4, -0.2) is 47.0 Å². The monoisotopic (exact) mass is 265 g/mol. The highest BCUT2D eigenvalue weighted by Gasteiger charge is 2.30. The molecule has 0 spiro atoms. The molecular formula is C13H23N5O. The fourth-order valence-corrected chi connectivity index (χ4v) is 3.07. The lowest BCUT2D eigenvalue weighted by molar-refractivity contribution is 0.0876. The lowest BCUT2D eigenvalue weighted by atomic mass is 10.0. The first-order valence-electron chi connectivity index (χ1n) is 7.18. The summed E-state index contributed by atoms with van der Waals surface area (Å²) in [6.45, 7) is 9.31. The summed E-state index contributed by atoms with van der Waals surface area (Å²) in [5.41, 5.74) is 0. The third kappa shape index (κ3) is 2.60. The molecule has 0 amide bonds. The van der Waals surface area contributed by atoms with Crippen LogP contribution in [0, 0.1) is 5.92 Å². The summed E-state index contributed by atoms with van der Waals surface area (Å²) in [6, 6.07) is 0.930. The van der Waals surface area contributed by atoms with Crippen LogP contribution in [0.4, 0.5) is 5.95 Å². The summed E-state index contributed by atoms with van der Waals surface area (Å²) in [5, 5.41) is 10.9. The van der Waals surface area contributed by atoms with Crippen molar-refractivity contribution in [2.75, 3.05) is 24.6 Å². The van der Waals surface area contributed by atoms with Gasteiger partial charge in [-0.25, -0.2) is 0 Å². The number of aromatic amines is 1. The maximum Gasteiger partial charge on any atom is 0.244 e. The minimum atomic E-state index is 0.0824. The van der Waals surface area contributed by atoms with Gasteiger partial charge in [-0.05, 0) is 26.2 Å². The molecule has 2 N–H and O–H groups in total. The number of anilines is 1. The quantitative estimate of drug-likeness (QED) is 0.838. The lowest BCUT2D eigenvalue weighted by Crippen LogP contribution is -2.54. The molecule has 4 atom stereocenters. The second kappa shape index (κ2) is 5.09. The Hall–Kier alpha value is -1.14. The summed E-state index contributed by atoms with van der Waals surface area (Å²) >= 11 is 0. The summed E-state index contributed by atoms with van der Waals surface area (Å²) in [4.78, 5) is 6.88. The third-order valence-corrected chi connectivity index (χ3v) is 3.99. The zero-order chi connectivity index (χ0) is 13.4. The van der Waals surface area contributed by atoms with E-state index in [1.54, 1.807) is 0 Å². The van der Waals surface area contributed by atoms with Crippen LogP contribution in [0.15, 0.2) is 0 Å². The average Bonchev–Trinajstić information content (AvgIpc) is 2.95. The Bertz CT molecular complexity index is 424. The van der Waals surface area contributed by atoms with Crippen LogP contribution in [0.1, 0.15) is 39.1 Å². The van der Waals surface area contributed by atoms with Gasteiger partial charge in [0.15, 0.2) is 5.82 Å². The molecule has 1 aromatic heterocycles. The van der Waals surface area contributed by atoms with E-state index in [0.717, 1.165) is 37.9 Å². The number of piperazine rings is 1. The fraction of sp³-hybridized carbons (Fsp3) is 0.846. The highest BCUT2D eigenvalue weighted by Crippen LogP contribution is 2.32. The number of ether oxygens (including phenoxy) is 1. The molecule has 0 saturated carbocycles. The second-order valence-electron chi connectivity index (χ2n) is 5.95. The Kier molecular flexibility index (Phi) is 3.45. The molecule has 2 saturated heterocycles. The minimum Gasteiger partial charge on any atom is -0.370 e. The number of nitrogens with zero attached hydrogens (tertiary/aromatic N) is 3. The summed E-state index contributed by atoms with van der Waals surface area (Å²) in [7, 11) is 0. The van der Waals surface area contributed by atoms with Crippen LogP contribution in [0.3, 0.4) is 0 Å². The Balaban J connectivity index is 1.73. The maximum absolute atomic E-state index is 5.73. The van der Waals surface area contributed by atoms with Crippen molar-refractivity contribution in [2.24, 2.45) is 5.92 Å². The molecule has 2 aliphatic rings. The number of H-pyrrole nitrogens is 1. The highest BCUT2D eigenvalue weighted by atomic mass is 16.5. The zero-order valence-electron chi connectivity index (χ0n) is 11.9. The van der Waals surface area contributed by atoms with Crippen LogP contribution < -0.4 is 10.2 Å². The van der Waals surface area contributed by atoms with E-state index in [9.17, 15) is 0 Å². The minimum absolute atomic E-state index is 0.0824. The smallest absolute Gasteiger partial charge is 0.244 e. The summed E-state index contributed by atoms with van der Waals surface area (Å²) < 4.78 is 5.73. The first-order chi connectivity index (χ1) is 9.13. The normalized spacial score (nSPS) is 35.8. The average molecular weight is 265 g/mol. The fourth-order valence-electron chi connectivity index (χ4n) is 3.07. The molecule has 0 aliphatic carbocycles. The highest BCUT2D eigenvalue weighted by molar-refractivity contribution is 5.31. The van der Waals surface area contributed by atoms with E-state index < -0.39 is 0 Å². The van der Waals surface area contributed by atoms with Crippen molar-refractivity contribution in [3.63, 3.8) is 0 Å². The molecule has 3 rings (SSSR count). The maximum atomic E-state index is 5.73. The first kappa shape index (κ1) is 12.9. The molecular weight excluding hydrogens is 242 g/mol. The van der Waals surface area contributed by atoms with Gasteiger partial charge in [-0.1, -0.05) is 6.92 Å². The second-order valence-corrected chi connectivity index (χ2v) is 5.95. The molecule has 19 heavy (non-hydrogen) atoms. The van der Waals surface area contributed by atoms with Gasteiger partial charge in [0.1, 0.15) is 6.10 Å². The van der Waals surface area contributed by atoms with Crippen molar-refractivity contribution in [1.82, 2.24) is 20.5 Å². The number of rotatable bonds is 2. The van der Waals surface area contributed by atoms with Gasteiger partial charge in [0, 0.05) is 31.8 Å². The molecule has 0 aromatic carbocycles. The molecule has 6 nitrogen and oxygen atoms in total. The molecule has 3 heterocycles. The van der Waals surface area contributed by atoms with Crippen LogP contribution in [-0.2, 0) is 4.74 Å². The van der Waals surface area contributed by atoms with Gasteiger partial charge in [0.05, 0.1) is 0 Å². The lowest BCUT2D eigenvalue weighted by Gasteiger charge is -2.35. The van der Waals surface area contributed by atoms with Gasteiger partial charge in [0.25, 0.3) is 0 Å². The van der Waals surface area contributed by atoms with E-state index in [1.165, 1.54) is 0 Å². The van der Waals surface area contributed by atoms with E-state index >= 15 is 0 Å². The van der Waals surface area contributed by atoms with E-state index in [2.05, 4.69) is 46.2 Å². The molecule has 2 aliphatic heterocycles. The molecule has 2 fully saturated rings.